The van der Waals surface area contributed by atoms with Crippen molar-refractivity contribution in [2.45, 2.75) is 38.5 Å². The van der Waals surface area contributed by atoms with Crippen molar-refractivity contribution < 1.29 is 13.2 Å². The van der Waals surface area contributed by atoms with Crippen LogP contribution in [0, 0.1) is 0 Å². The van der Waals surface area contributed by atoms with Gasteiger partial charge in [0.1, 0.15) is 0 Å². The van der Waals surface area contributed by atoms with Crippen LogP contribution in [0.4, 0.5) is 13.2 Å². The van der Waals surface area contributed by atoms with Crippen LogP contribution in [0.15, 0.2) is 29.3 Å². The molecule has 1 fully saturated rings. The molecule has 24 heavy (non-hydrogen) atoms. The lowest BCUT2D eigenvalue weighted by molar-refractivity contribution is -0.137. The van der Waals surface area contributed by atoms with Gasteiger partial charge in [0.05, 0.1) is 5.56 Å². The Morgan fingerprint density at radius 1 is 1.29 bits per heavy atom. The molecule has 0 saturated heterocycles. The van der Waals surface area contributed by atoms with Crippen molar-refractivity contribution in [2.24, 2.45) is 4.99 Å². The molecule has 1 aliphatic carbocycles. The third-order valence-electron chi connectivity index (χ3n) is 4.10. The Balaban J connectivity index is 1.79. The maximum Gasteiger partial charge on any atom is 0.416 e. The summed E-state index contributed by atoms with van der Waals surface area (Å²) >= 11 is 0. The van der Waals surface area contributed by atoms with E-state index in [-0.39, 0.29) is 0 Å². The fourth-order valence-electron chi connectivity index (χ4n) is 2.62. The summed E-state index contributed by atoms with van der Waals surface area (Å²) in [6.07, 6.45) is -1.77. The van der Waals surface area contributed by atoms with E-state index >= 15 is 0 Å². The van der Waals surface area contributed by atoms with Crippen LogP contribution in [0.3, 0.4) is 0 Å². The van der Waals surface area contributed by atoms with Gasteiger partial charge >= 0.3 is 6.18 Å². The van der Waals surface area contributed by atoms with Crippen LogP contribution in [0.5, 0.6) is 0 Å². The van der Waals surface area contributed by atoms with Gasteiger partial charge in [-0.25, -0.2) is 0 Å². The van der Waals surface area contributed by atoms with E-state index in [1.165, 1.54) is 18.9 Å². The first-order valence-corrected chi connectivity index (χ1v) is 8.28. The quantitative estimate of drug-likeness (QED) is 0.591. The Labute approximate surface area is 141 Å². The molecule has 4 nitrogen and oxygen atoms in total. The van der Waals surface area contributed by atoms with Crippen LogP contribution in [-0.2, 0) is 12.7 Å². The summed E-state index contributed by atoms with van der Waals surface area (Å²) in [6, 6.07) is 6.04. The fraction of sp³-hybridized carbons (Fsp3) is 0.588. The van der Waals surface area contributed by atoms with Gasteiger partial charge in [0, 0.05) is 32.7 Å². The topological polar surface area (TPSA) is 39.7 Å². The summed E-state index contributed by atoms with van der Waals surface area (Å²) in [4.78, 5) is 6.53. The molecule has 2 N–H and O–H groups in total. The Kier molecular flexibility index (Phi) is 6.48. The van der Waals surface area contributed by atoms with Gasteiger partial charge in [-0.2, -0.15) is 13.2 Å². The number of hydrogen-bond donors (Lipinski definition) is 2. The maximum atomic E-state index is 12.7. The second kappa shape index (κ2) is 8.37. The Morgan fingerprint density at radius 2 is 2.04 bits per heavy atom. The van der Waals surface area contributed by atoms with E-state index < -0.39 is 11.7 Å². The average Bonchev–Trinajstić information content (AvgIpc) is 3.39. The number of halogens is 3. The molecule has 7 heteroatoms. The first kappa shape index (κ1) is 18.6. The molecule has 1 saturated carbocycles. The lowest BCUT2D eigenvalue weighted by Crippen LogP contribution is -2.41. The van der Waals surface area contributed by atoms with Gasteiger partial charge in [0.2, 0.25) is 0 Å². The molecule has 0 bridgehead atoms. The standard InChI is InChI=1S/C17H25F3N4/c1-3-24(15-7-8-15)10-9-22-16(21-2)23-12-13-5-4-6-14(11-13)17(18,19)20/h4-6,11,15H,3,7-10,12H2,1-2H3,(H2,21,22,23). The molecule has 1 aromatic carbocycles. The van der Waals surface area contributed by atoms with E-state index in [9.17, 15) is 13.2 Å². The minimum absolute atomic E-state index is 0.295. The highest BCUT2D eigenvalue weighted by Crippen LogP contribution is 2.29. The molecule has 1 aliphatic rings. The van der Waals surface area contributed by atoms with Gasteiger partial charge in [-0.05, 0) is 37.1 Å². The smallest absolute Gasteiger partial charge is 0.355 e. The van der Waals surface area contributed by atoms with E-state index in [0.29, 0.717) is 18.1 Å². The number of rotatable bonds is 7. The zero-order valence-electron chi connectivity index (χ0n) is 14.2. The predicted octanol–water partition coefficient (Wildman–Crippen LogP) is 2.85. The lowest BCUT2D eigenvalue weighted by Gasteiger charge is -2.20. The summed E-state index contributed by atoms with van der Waals surface area (Å²) in [5.41, 5.74) is -0.0614. The highest BCUT2D eigenvalue weighted by Gasteiger charge is 2.30. The van der Waals surface area contributed by atoms with E-state index in [2.05, 4.69) is 27.4 Å². The zero-order valence-corrected chi connectivity index (χ0v) is 14.2. The number of aliphatic imine (C=N–C) groups is 1. The molecule has 0 radical (unpaired) electrons. The van der Waals surface area contributed by atoms with Crippen LogP contribution in [-0.4, -0.2) is 43.6 Å². The van der Waals surface area contributed by atoms with Crippen LogP contribution in [0.1, 0.15) is 30.9 Å². The second-order valence-corrected chi connectivity index (χ2v) is 5.91. The third-order valence-corrected chi connectivity index (χ3v) is 4.10. The molecule has 0 unspecified atom stereocenters. The molecule has 0 aromatic heterocycles. The van der Waals surface area contributed by atoms with Crippen molar-refractivity contribution in [3.05, 3.63) is 35.4 Å². The molecule has 1 aromatic rings. The predicted molar refractivity (Wildman–Crippen MR) is 89.9 cm³/mol. The number of hydrogen-bond acceptors (Lipinski definition) is 2. The monoisotopic (exact) mass is 342 g/mol. The van der Waals surface area contributed by atoms with E-state index in [1.807, 2.05) is 0 Å². The Hall–Kier alpha value is -1.76. The van der Waals surface area contributed by atoms with Crippen molar-refractivity contribution in [3.63, 3.8) is 0 Å². The third kappa shape index (κ3) is 5.70. The van der Waals surface area contributed by atoms with E-state index in [4.69, 9.17) is 0 Å². The van der Waals surface area contributed by atoms with Crippen LogP contribution in [0.25, 0.3) is 0 Å². The average molecular weight is 342 g/mol. The summed E-state index contributed by atoms with van der Waals surface area (Å²) < 4.78 is 38.2. The molecule has 0 spiro atoms. The number of nitrogens with one attached hydrogen (secondary N) is 2. The van der Waals surface area contributed by atoms with Crippen molar-refractivity contribution in [1.29, 1.82) is 0 Å². The number of guanidine groups is 1. The van der Waals surface area contributed by atoms with Crippen molar-refractivity contribution >= 4 is 5.96 Å². The van der Waals surface area contributed by atoms with Crippen molar-refractivity contribution in [3.8, 4) is 0 Å². The molecule has 134 valence electrons. The summed E-state index contributed by atoms with van der Waals surface area (Å²) in [5.74, 6) is 0.597. The molecule has 0 atom stereocenters. The molecular formula is C17H25F3N4. The molecule has 0 aliphatic heterocycles. The van der Waals surface area contributed by atoms with E-state index in [0.717, 1.165) is 37.8 Å². The molecule has 0 amide bonds. The first-order chi connectivity index (χ1) is 11.4. The number of benzene rings is 1. The zero-order chi connectivity index (χ0) is 17.6. The number of alkyl halides is 3. The van der Waals surface area contributed by atoms with Gasteiger partial charge in [-0.3, -0.25) is 9.89 Å². The van der Waals surface area contributed by atoms with Crippen molar-refractivity contribution in [1.82, 2.24) is 15.5 Å². The molecule has 2 rings (SSSR count). The van der Waals surface area contributed by atoms with Crippen LogP contribution < -0.4 is 10.6 Å². The van der Waals surface area contributed by atoms with Gasteiger partial charge in [-0.15, -0.1) is 0 Å². The highest BCUT2D eigenvalue weighted by molar-refractivity contribution is 5.79. The first-order valence-electron chi connectivity index (χ1n) is 8.28. The maximum absolute atomic E-state index is 12.7. The summed E-state index contributed by atoms with van der Waals surface area (Å²) in [7, 11) is 1.65. The van der Waals surface area contributed by atoms with Gasteiger partial charge in [-0.1, -0.05) is 19.1 Å². The van der Waals surface area contributed by atoms with Crippen LogP contribution in [0.2, 0.25) is 0 Å². The fourth-order valence-corrected chi connectivity index (χ4v) is 2.62. The van der Waals surface area contributed by atoms with Gasteiger partial charge in [0.25, 0.3) is 0 Å². The Bertz CT molecular complexity index is 553. The molecular weight excluding hydrogens is 317 g/mol. The normalized spacial score (nSPS) is 15.7. The van der Waals surface area contributed by atoms with E-state index in [1.54, 1.807) is 13.1 Å². The second-order valence-electron chi connectivity index (χ2n) is 5.91. The van der Waals surface area contributed by atoms with Crippen molar-refractivity contribution in [2.75, 3.05) is 26.7 Å². The minimum Gasteiger partial charge on any atom is -0.355 e. The summed E-state index contributed by atoms with van der Waals surface area (Å²) in [6.45, 7) is 5.17. The largest absolute Gasteiger partial charge is 0.416 e. The number of nitrogens with zero attached hydrogens (tertiary/aromatic N) is 2. The van der Waals surface area contributed by atoms with Gasteiger partial charge < -0.3 is 10.6 Å². The number of likely N-dealkylation sites (N-methyl/N-ethyl adjacent to an activating group) is 1. The lowest BCUT2D eigenvalue weighted by atomic mass is 10.1. The Morgan fingerprint density at radius 3 is 2.62 bits per heavy atom. The highest BCUT2D eigenvalue weighted by atomic mass is 19.4. The molecule has 0 heterocycles. The summed E-state index contributed by atoms with van der Waals surface area (Å²) in [5, 5.41) is 6.26. The minimum atomic E-state index is -4.32. The SMILES string of the molecule is CCN(CCNC(=NC)NCc1cccc(C(F)(F)F)c1)C1CC1. The van der Waals surface area contributed by atoms with Gasteiger partial charge in [0.15, 0.2) is 5.96 Å². The van der Waals surface area contributed by atoms with Crippen LogP contribution >= 0.6 is 0 Å².